The zero-order valence-electron chi connectivity index (χ0n) is 14.7. The Morgan fingerprint density at radius 1 is 1.15 bits per heavy atom. The molecule has 0 radical (unpaired) electrons. The zero-order chi connectivity index (χ0) is 18.2. The van der Waals surface area contributed by atoms with E-state index in [9.17, 15) is 4.39 Å². The summed E-state index contributed by atoms with van der Waals surface area (Å²) in [6.07, 6.45) is 4.44. The average Bonchev–Trinajstić information content (AvgIpc) is 3.05. The van der Waals surface area contributed by atoms with Gasteiger partial charge in [0.15, 0.2) is 0 Å². The highest BCUT2D eigenvalue weighted by atomic mass is 32.2. The van der Waals surface area contributed by atoms with Crippen LogP contribution in [0.2, 0.25) is 0 Å². The summed E-state index contributed by atoms with van der Waals surface area (Å²) in [6, 6.07) is 14.9. The van der Waals surface area contributed by atoms with E-state index in [0.29, 0.717) is 13.2 Å². The van der Waals surface area contributed by atoms with Crippen LogP contribution in [0, 0.1) is 12.7 Å². The van der Waals surface area contributed by atoms with Crippen molar-refractivity contribution in [3.05, 3.63) is 89.3 Å². The Balaban J connectivity index is 1.39. The summed E-state index contributed by atoms with van der Waals surface area (Å²) in [6.45, 7) is 4.01. The number of nitrogens with one attached hydrogen (secondary N) is 1. The lowest BCUT2D eigenvalue weighted by Gasteiger charge is -2.09. The van der Waals surface area contributed by atoms with E-state index in [2.05, 4.69) is 34.8 Å². The molecule has 1 heterocycles. The Morgan fingerprint density at radius 2 is 2.00 bits per heavy atom. The number of benzene rings is 2. The van der Waals surface area contributed by atoms with Gasteiger partial charge < -0.3 is 4.57 Å². The third-order valence-electron chi connectivity index (χ3n) is 3.95. The number of hydrogen-bond acceptors (Lipinski definition) is 4. The Kier molecular flexibility index (Phi) is 6.82. The second-order valence-electron chi connectivity index (χ2n) is 6.12. The van der Waals surface area contributed by atoms with Gasteiger partial charge in [-0.25, -0.2) is 14.1 Å². The SMILES string of the molecule is Cc1cccc(COSNCCc2cncn2Cc2cccc(F)c2)c1. The summed E-state index contributed by atoms with van der Waals surface area (Å²) in [4.78, 5) is 4.21. The second-order valence-corrected chi connectivity index (χ2v) is 6.81. The maximum absolute atomic E-state index is 13.3. The van der Waals surface area contributed by atoms with Gasteiger partial charge in [0.05, 0.1) is 25.2 Å². The molecule has 136 valence electrons. The molecule has 3 rings (SSSR count). The van der Waals surface area contributed by atoms with Crippen molar-refractivity contribution in [3.63, 3.8) is 0 Å². The molecule has 2 aromatic carbocycles. The summed E-state index contributed by atoms with van der Waals surface area (Å²) in [5, 5.41) is 0. The van der Waals surface area contributed by atoms with Crippen LogP contribution >= 0.6 is 12.2 Å². The first kappa shape index (κ1) is 18.6. The average molecular weight is 371 g/mol. The predicted octanol–water partition coefficient (Wildman–Crippen LogP) is 4.29. The molecule has 0 fully saturated rings. The summed E-state index contributed by atoms with van der Waals surface area (Å²) in [5.41, 5.74) is 4.41. The van der Waals surface area contributed by atoms with Crippen LogP contribution in [0.15, 0.2) is 61.1 Å². The molecule has 1 N–H and O–H groups in total. The van der Waals surface area contributed by atoms with Crippen molar-refractivity contribution in [2.75, 3.05) is 6.54 Å². The third kappa shape index (κ3) is 5.69. The number of hydrogen-bond donors (Lipinski definition) is 1. The maximum Gasteiger partial charge on any atom is 0.123 e. The number of aryl methyl sites for hydroxylation is 1. The normalized spacial score (nSPS) is 11.0. The van der Waals surface area contributed by atoms with Gasteiger partial charge in [-0.1, -0.05) is 42.0 Å². The first-order valence-corrected chi connectivity index (χ1v) is 9.25. The Morgan fingerprint density at radius 3 is 2.85 bits per heavy atom. The van der Waals surface area contributed by atoms with Crippen LogP contribution in [0.1, 0.15) is 22.4 Å². The van der Waals surface area contributed by atoms with Crippen molar-refractivity contribution < 1.29 is 8.57 Å². The topological polar surface area (TPSA) is 39.1 Å². The molecule has 0 aliphatic carbocycles. The van der Waals surface area contributed by atoms with Crippen LogP contribution in [0.4, 0.5) is 4.39 Å². The third-order valence-corrected chi connectivity index (χ3v) is 4.51. The van der Waals surface area contributed by atoms with E-state index < -0.39 is 0 Å². The van der Waals surface area contributed by atoms with Gasteiger partial charge in [-0.2, -0.15) is 0 Å². The second kappa shape index (κ2) is 9.52. The number of halogens is 1. The molecule has 0 saturated heterocycles. The van der Waals surface area contributed by atoms with Crippen molar-refractivity contribution in [2.24, 2.45) is 0 Å². The highest BCUT2D eigenvalue weighted by Gasteiger charge is 2.04. The summed E-state index contributed by atoms with van der Waals surface area (Å²) in [5.74, 6) is -0.215. The number of rotatable bonds is 9. The summed E-state index contributed by atoms with van der Waals surface area (Å²) < 4.78 is 24.1. The minimum atomic E-state index is -0.215. The van der Waals surface area contributed by atoms with Crippen molar-refractivity contribution in [2.45, 2.75) is 26.5 Å². The minimum absolute atomic E-state index is 0.215. The molecule has 0 spiro atoms. The van der Waals surface area contributed by atoms with Crippen LogP contribution < -0.4 is 4.72 Å². The quantitative estimate of drug-likeness (QED) is 0.346. The van der Waals surface area contributed by atoms with Gasteiger partial charge in [-0.3, -0.25) is 4.18 Å². The van der Waals surface area contributed by atoms with Gasteiger partial charge in [0, 0.05) is 31.4 Å². The highest BCUT2D eigenvalue weighted by molar-refractivity contribution is 7.92. The first-order valence-electron chi connectivity index (χ1n) is 8.51. The van der Waals surface area contributed by atoms with E-state index in [-0.39, 0.29) is 5.82 Å². The van der Waals surface area contributed by atoms with Gasteiger partial charge in [-0.15, -0.1) is 0 Å². The van der Waals surface area contributed by atoms with E-state index in [0.717, 1.165) is 29.8 Å². The van der Waals surface area contributed by atoms with Gasteiger partial charge in [-0.05, 0) is 30.2 Å². The first-order chi connectivity index (χ1) is 12.7. The predicted molar refractivity (Wildman–Crippen MR) is 103 cm³/mol. The minimum Gasteiger partial charge on any atom is -0.330 e. The molecular weight excluding hydrogens is 349 g/mol. The zero-order valence-corrected chi connectivity index (χ0v) is 15.5. The van der Waals surface area contributed by atoms with Gasteiger partial charge in [0.2, 0.25) is 0 Å². The molecule has 0 amide bonds. The lowest BCUT2D eigenvalue weighted by atomic mass is 10.1. The van der Waals surface area contributed by atoms with E-state index in [4.69, 9.17) is 4.18 Å². The number of nitrogens with zero attached hydrogens (tertiary/aromatic N) is 2. The number of imidazole rings is 1. The Labute approximate surface area is 157 Å². The molecule has 0 atom stereocenters. The van der Waals surface area contributed by atoms with Crippen LogP contribution in [0.3, 0.4) is 0 Å². The molecule has 26 heavy (non-hydrogen) atoms. The maximum atomic E-state index is 13.3. The standard InChI is InChI=1S/C20H22FN3OS/c1-16-4-2-6-18(10-16)14-25-26-23-9-8-20-12-22-15-24(20)13-17-5-3-7-19(21)11-17/h2-7,10-12,15,23H,8-9,13-14H2,1H3. The van der Waals surface area contributed by atoms with Crippen LogP contribution in [-0.4, -0.2) is 16.1 Å². The fraction of sp³-hybridized carbons (Fsp3) is 0.250. The summed E-state index contributed by atoms with van der Waals surface area (Å²) in [7, 11) is 0. The Bertz CT molecular complexity index is 837. The molecule has 6 heteroatoms. The molecule has 4 nitrogen and oxygen atoms in total. The molecule has 0 aliphatic heterocycles. The van der Waals surface area contributed by atoms with Gasteiger partial charge >= 0.3 is 0 Å². The summed E-state index contributed by atoms with van der Waals surface area (Å²) >= 11 is 1.26. The van der Waals surface area contributed by atoms with Crippen molar-refractivity contribution >= 4 is 12.2 Å². The van der Waals surface area contributed by atoms with Gasteiger partial charge in [0.1, 0.15) is 5.82 Å². The van der Waals surface area contributed by atoms with E-state index in [1.165, 1.54) is 23.9 Å². The van der Waals surface area contributed by atoms with Crippen molar-refractivity contribution in [3.8, 4) is 0 Å². The van der Waals surface area contributed by atoms with E-state index in [1.807, 2.05) is 22.9 Å². The van der Waals surface area contributed by atoms with E-state index >= 15 is 0 Å². The van der Waals surface area contributed by atoms with E-state index in [1.54, 1.807) is 18.5 Å². The molecular formula is C20H22FN3OS. The fourth-order valence-corrected chi connectivity index (χ4v) is 3.16. The molecule has 3 aromatic rings. The lowest BCUT2D eigenvalue weighted by molar-refractivity contribution is 0.360. The molecule has 0 saturated carbocycles. The monoisotopic (exact) mass is 371 g/mol. The largest absolute Gasteiger partial charge is 0.330 e. The highest BCUT2D eigenvalue weighted by Crippen LogP contribution is 2.11. The number of aromatic nitrogens is 2. The molecule has 0 bridgehead atoms. The van der Waals surface area contributed by atoms with Crippen LogP contribution in [0.5, 0.6) is 0 Å². The fourth-order valence-electron chi connectivity index (χ4n) is 2.69. The molecule has 0 aliphatic rings. The van der Waals surface area contributed by atoms with Crippen molar-refractivity contribution in [1.82, 2.24) is 14.3 Å². The van der Waals surface area contributed by atoms with Crippen LogP contribution in [-0.2, 0) is 23.8 Å². The van der Waals surface area contributed by atoms with Gasteiger partial charge in [0.25, 0.3) is 0 Å². The molecule has 1 aromatic heterocycles. The van der Waals surface area contributed by atoms with Crippen LogP contribution in [0.25, 0.3) is 0 Å². The lowest BCUT2D eigenvalue weighted by Crippen LogP contribution is -2.12. The molecule has 0 unspecified atom stereocenters. The Hall–Kier alpha value is -2.15. The smallest absolute Gasteiger partial charge is 0.123 e. The van der Waals surface area contributed by atoms with Crippen molar-refractivity contribution in [1.29, 1.82) is 0 Å².